The van der Waals surface area contributed by atoms with E-state index in [1.165, 1.54) is 10.7 Å². The summed E-state index contributed by atoms with van der Waals surface area (Å²) in [5.41, 5.74) is 7.88. The summed E-state index contributed by atoms with van der Waals surface area (Å²) in [5, 5.41) is 8.80. The predicted octanol–water partition coefficient (Wildman–Crippen LogP) is 4.17. The van der Waals surface area contributed by atoms with Crippen molar-refractivity contribution in [3.8, 4) is 11.1 Å². The third-order valence-electron chi connectivity index (χ3n) is 5.26. The van der Waals surface area contributed by atoms with Crippen molar-refractivity contribution in [2.24, 2.45) is 0 Å². The molecule has 5 N–H and O–H groups in total. The Hall–Kier alpha value is -4.75. The first kappa shape index (κ1) is 23.0. The number of anilines is 3. The molecule has 9 nitrogen and oxygen atoms in total. The zero-order valence-electron chi connectivity index (χ0n) is 18.0. The minimum atomic E-state index is -4.59. The molecule has 0 fully saturated rings. The summed E-state index contributed by atoms with van der Waals surface area (Å²) in [5.74, 6) is -2.75. The molecule has 0 bridgehead atoms. The highest BCUT2D eigenvalue weighted by molar-refractivity contribution is 6.07. The van der Waals surface area contributed by atoms with Gasteiger partial charge in [-0.15, -0.1) is 0 Å². The van der Waals surface area contributed by atoms with Crippen LogP contribution in [0.4, 0.5) is 39.4 Å². The Labute approximate surface area is 198 Å². The Morgan fingerprint density at radius 3 is 2.56 bits per heavy atom. The van der Waals surface area contributed by atoms with Gasteiger partial charge in [0.15, 0.2) is 17.5 Å². The first-order valence-electron chi connectivity index (χ1n) is 10.3. The third-order valence-corrected chi connectivity index (χ3v) is 5.26. The smallest absolute Gasteiger partial charge is 0.382 e. The van der Waals surface area contributed by atoms with Crippen LogP contribution < -0.4 is 16.4 Å². The van der Waals surface area contributed by atoms with E-state index in [9.17, 15) is 26.7 Å². The van der Waals surface area contributed by atoms with Gasteiger partial charge in [-0.3, -0.25) is 4.79 Å². The molecule has 0 aliphatic heterocycles. The molecule has 0 unspecified atom stereocenters. The lowest BCUT2D eigenvalue weighted by Crippen LogP contribution is -2.33. The number of alkyl halides is 3. The number of nitrogens with zero attached hydrogens (tertiary/aromatic N) is 4. The van der Waals surface area contributed by atoms with Gasteiger partial charge in [-0.1, -0.05) is 12.1 Å². The Balaban J connectivity index is 1.48. The van der Waals surface area contributed by atoms with Gasteiger partial charge in [0.05, 0.1) is 16.6 Å². The topological polar surface area (TPSA) is 126 Å². The molecule has 0 atom stereocenters. The highest BCUT2D eigenvalue weighted by Crippen LogP contribution is 2.33. The lowest BCUT2D eigenvalue weighted by atomic mass is 10.0. The van der Waals surface area contributed by atoms with Crippen LogP contribution >= 0.6 is 0 Å². The molecule has 36 heavy (non-hydrogen) atoms. The number of carbonyl (C=O) groups excluding carboxylic acids is 1. The maximum atomic E-state index is 13.5. The van der Waals surface area contributed by atoms with E-state index >= 15 is 0 Å². The summed E-state index contributed by atoms with van der Waals surface area (Å²) < 4.78 is 66.1. The quantitative estimate of drug-likeness (QED) is 0.267. The number of hydrogen-bond donors (Lipinski definition) is 4. The normalized spacial score (nSPS) is 11.8. The molecule has 3 aromatic heterocycles. The lowest BCUT2D eigenvalue weighted by molar-refractivity contribution is -0.123. The number of carbonyl (C=O) groups is 1. The number of fused-ring (bicyclic) bond motifs is 2. The average molecular weight is 502 g/mol. The highest BCUT2D eigenvalue weighted by Gasteiger charge is 2.29. The van der Waals surface area contributed by atoms with Crippen LogP contribution in [0.5, 0.6) is 0 Å². The molecular weight excluding hydrogens is 487 g/mol. The Kier molecular flexibility index (Phi) is 5.42. The van der Waals surface area contributed by atoms with Crippen LogP contribution in [0.25, 0.3) is 27.7 Å². The molecule has 1 amide bonds. The standard InChI is InChI=1S/C22H15F5N8O/c23-13-5-15-16(6-14(13)24)34-21(33-15)32-11-3-1-10(2-4-11)17-12(20(36)29-8-22(25,26)27)7-35-18(17)19(28)30-9-31-35/h1-7,9H,8H2,(H,29,36)(H2,28,30,31)(H2,32,33,34). The lowest BCUT2D eigenvalue weighted by Gasteiger charge is -2.10. The molecule has 14 heteroatoms. The second-order valence-corrected chi connectivity index (χ2v) is 7.73. The second-order valence-electron chi connectivity index (χ2n) is 7.73. The molecule has 0 aliphatic rings. The average Bonchev–Trinajstić information content (AvgIpc) is 3.39. The van der Waals surface area contributed by atoms with Crippen LogP contribution in [0, 0.1) is 11.6 Å². The fourth-order valence-electron chi connectivity index (χ4n) is 3.70. The molecule has 0 aliphatic carbocycles. The van der Waals surface area contributed by atoms with E-state index in [2.05, 4.69) is 25.4 Å². The van der Waals surface area contributed by atoms with E-state index in [0.29, 0.717) is 16.8 Å². The molecule has 184 valence electrons. The molecular formula is C22H15F5N8O. The number of nitrogens with one attached hydrogen (secondary N) is 3. The Morgan fingerprint density at radius 2 is 1.83 bits per heavy atom. The monoisotopic (exact) mass is 502 g/mol. The minimum Gasteiger partial charge on any atom is -0.382 e. The molecule has 3 heterocycles. The second kappa shape index (κ2) is 8.48. The number of rotatable bonds is 5. The fraction of sp³-hybridized carbons (Fsp3) is 0.0909. The fourth-order valence-corrected chi connectivity index (χ4v) is 3.70. The van der Waals surface area contributed by atoms with Gasteiger partial charge in [0.2, 0.25) is 5.95 Å². The van der Waals surface area contributed by atoms with E-state index in [4.69, 9.17) is 5.73 Å². The van der Waals surface area contributed by atoms with Gasteiger partial charge in [-0.2, -0.15) is 18.3 Å². The summed E-state index contributed by atoms with van der Waals surface area (Å²) in [6.45, 7) is -1.51. The number of nitrogens with two attached hydrogens (primary N) is 1. The third kappa shape index (κ3) is 4.35. The van der Waals surface area contributed by atoms with Crippen LogP contribution in [-0.2, 0) is 0 Å². The molecule has 0 spiro atoms. The van der Waals surface area contributed by atoms with Crippen molar-refractivity contribution in [3.05, 3.63) is 66.1 Å². The van der Waals surface area contributed by atoms with Crippen LogP contribution in [-0.4, -0.2) is 43.2 Å². The summed E-state index contributed by atoms with van der Waals surface area (Å²) in [7, 11) is 0. The van der Waals surface area contributed by atoms with Gasteiger partial charge in [0.25, 0.3) is 5.91 Å². The van der Waals surface area contributed by atoms with Crippen molar-refractivity contribution in [1.29, 1.82) is 0 Å². The van der Waals surface area contributed by atoms with Gasteiger partial charge >= 0.3 is 6.18 Å². The SMILES string of the molecule is Nc1ncnn2cc(C(=O)NCC(F)(F)F)c(-c3ccc(Nc4nc5cc(F)c(F)cc5[nH]4)cc3)c12. The van der Waals surface area contributed by atoms with Crippen molar-refractivity contribution >= 4 is 39.9 Å². The van der Waals surface area contributed by atoms with E-state index in [-0.39, 0.29) is 33.9 Å². The summed E-state index contributed by atoms with van der Waals surface area (Å²) in [4.78, 5) is 23.5. The van der Waals surface area contributed by atoms with Crippen molar-refractivity contribution in [2.45, 2.75) is 6.18 Å². The van der Waals surface area contributed by atoms with Gasteiger partial charge in [0, 0.05) is 29.6 Å². The molecule has 0 saturated heterocycles. The van der Waals surface area contributed by atoms with Crippen LogP contribution in [0.15, 0.2) is 48.9 Å². The number of hydrogen-bond acceptors (Lipinski definition) is 6. The number of aromatic nitrogens is 5. The van der Waals surface area contributed by atoms with Crippen LogP contribution in [0.2, 0.25) is 0 Å². The van der Waals surface area contributed by atoms with E-state index in [1.54, 1.807) is 24.3 Å². The molecule has 5 aromatic rings. The van der Waals surface area contributed by atoms with E-state index in [0.717, 1.165) is 18.5 Å². The number of nitrogen functional groups attached to an aromatic ring is 1. The first-order chi connectivity index (χ1) is 17.1. The van der Waals surface area contributed by atoms with E-state index in [1.807, 2.05) is 5.32 Å². The number of H-pyrrole nitrogens is 1. The molecule has 0 radical (unpaired) electrons. The van der Waals surface area contributed by atoms with Crippen molar-refractivity contribution in [3.63, 3.8) is 0 Å². The van der Waals surface area contributed by atoms with Crippen molar-refractivity contribution in [2.75, 3.05) is 17.6 Å². The summed E-state index contributed by atoms with van der Waals surface area (Å²) in [6, 6.07) is 8.39. The summed E-state index contributed by atoms with van der Waals surface area (Å²) >= 11 is 0. The van der Waals surface area contributed by atoms with Gasteiger partial charge in [-0.25, -0.2) is 23.3 Å². The maximum absolute atomic E-state index is 13.5. The number of benzene rings is 2. The van der Waals surface area contributed by atoms with Crippen LogP contribution in [0.1, 0.15) is 10.4 Å². The maximum Gasteiger partial charge on any atom is 0.405 e. The van der Waals surface area contributed by atoms with Crippen molar-refractivity contribution < 1.29 is 26.7 Å². The highest BCUT2D eigenvalue weighted by atomic mass is 19.4. The number of halogens is 5. The molecule has 2 aromatic carbocycles. The van der Waals surface area contributed by atoms with E-state index < -0.39 is 30.3 Å². The molecule has 5 rings (SSSR count). The van der Waals surface area contributed by atoms with Gasteiger partial charge < -0.3 is 21.4 Å². The molecule has 0 saturated carbocycles. The van der Waals surface area contributed by atoms with Crippen molar-refractivity contribution in [1.82, 2.24) is 29.9 Å². The Morgan fingerprint density at radius 1 is 1.11 bits per heavy atom. The zero-order chi connectivity index (χ0) is 25.6. The minimum absolute atomic E-state index is 0.0267. The van der Waals surface area contributed by atoms with Crippen LogP contribution in [0.3, 0.4) is 0 Å². The number of amides is 1. The zero-order valence-corrected chi connectivity index (χ0v) is 18.0. The summed E-state index contributed by atoms with van der Waals surface area (Å²) in [6.07, 6.45) is -2.16. The predicted molar refractivity (Wildman–Crippen MR) is 121 cm³/mol. The number of imidazole rings is 1. The van der Waals surface area contributed by atoms with Gasteiger partial charge in [-0.05, 0) is 17.7 Å². The Bertz CT molecular complexity index is 1570. The first-order valence-corrected chi connectivity index (χ1v) is 10.3. The number of aromatic amines is 1. The largest absolute Gasteiger partial charge is 0.405 e. The van der Waals surface area contributed by atoms with Gasteiger partial charge in [0.1, 0.15) is 18.4 Å².